The number of nitrogens with two attached hydrogens (primary N) is 1. The van der Waals surface area contributed by atoms with Gasteiger partial charge in [0.15, 0.2) is 0 Å². The van der Waals surface area contributed by atoms with Crippen LogP contribution in [0, 0.1) is 0 Å². The summed E-state index contributed by atoms with van der Waals surface area (Å²) in [7, 11) is 1.63. The maximum Gasteiger partial charge on any atom is 0.240 e. The summed E-state index contributed by atoms with van der Waals surface area (Å²) in [6.07, 6.45) is 0. The standard InChI is InChI=1S/C15H18N2O3/c1-3-19-15-13(16)7-8-14(17-15)20-10-11-5-4-6-12(9-11)18-2/h4-9H,3,10,16H2,1-2H3. The molecule has 0 unspecified atom stereocenters. The van der Waals surface area contributed by atoms with E-state index in [0.717, 1.165) is 11.3 Å². The van der Waals surface area contributed by atoms with Gasteiger partial charge in [-0.2, -0.15) is 4.98 Å². The monoisotopic (exact) mass is 274 g/mol. The van der Waals surface area contributed by atoms with Crippen molar-refractivity contribution in [2.24, 2.45) is 0 Å². The minimum Gasteiger partial charge on any atom is -0.497 e. The Bertz CT molecular complexity index is 573. The van der Waals surface area contributed by atoms with Crippen LogP contribution in [0.25, 0.3) is 0 Å². The van der Waals surface area contributed by atoms with Crippen molar-refractivity contribution >= 4 is 5.69 Å². The summed E-state index contributed by atoms with van der Waals surface area (Å²) in [6.45, 7) is 2.79. The van der Waals surface area contributed by atoms with Gasteiger partial charge in [-0.05, 0) is 30.7 Å². The molecule has 0 saturated carbocycles. The first kappa shape index (κ1) is 14.0. The molecule has 5 heteroatoms. The van der Waals surface area contributed by atoms with Gasteiger partial charge in [0.25, 0.3) is 0 Å². The molecule has 1 aromatic carbocycles. The van der Waals surface area contributed by atoms with E-state index in [-0.39, 0.29) is 0 Å². The molecule has 0 spiro atoms. The van der Waals surface area contributed by atoms with E-state index in [9.17, 15) is 0 Å². The number of hydrogen-bond acceptors (Lipinski definition) is 5. The van der Waals surface area contributed by atoms with Crippen molar-refractivity contribution in [2.45, 2.75) is 13.5 Å². The number of rotatable bonds is 6. The van der Waals surface area contributed by atoms with Crippen LogP contribution in [-0.4, -0.2) is 18.7 Å². The van der Waals surface area contributed by atoms with E-state index in [1.165, 1.54) is 0 Å². The summed E-state index contributed by atoms with van der Waals surface area (Å²) >= 11 is 0. The molecule has 0 atom stereocenters. The van der Waals surface area contributed by atoms with E-state index in [0.29, 0.717) is 30.7 Å². The highest BCUT2D eigenvalue weighted by Crippen LogP contribution is 2.23. The van der Waals surface area contributed by atoms with Gasteiger partial charge in [-0.25, -0.2) is 0 Å². The highest BCUT2D eigenvalue weighted by Gasteiger charge is 2.05. The summed E-state index contributed by atoms with van der Waals surface area (Å²) in [5.41, 5.74) is 7.26. The molecule has 0 saturated heterocycles. The van der Waals surface area contributed by atoms with Gasteiger partial charge in [0.2, 0.25) is 11.8 Å². The summed E-state index contributed by atoms with van der Waals surface area (Å²) in [5.74, 6) is 1.67. The number of ether oxygens (including phenoxy) is 3. The first-order valence-corrected chi connectivity index (χ1v) is 6.38. The average molecular weight is 274 g/mol. The Kier molecular flexibility index (Phi) is 4.65. The fraction of sp³-hybridized carbons (Fsp3) is 0.267. The molecule has 2 N–H and O–H groups in total. The molecule has 1 heterocycles. The maximum atomic E-state index is 5.76. The van der Waals surface area contributed by atoms with Gasteiger partial charge in [0.05, 0.1) is 19.4 Å². The SMILES string of the molecule is CCOc1nc(OCc2cccc(OC)c2)ccc1N. The van der Waals surface area contributed by atoms with E-state index >= 15 is 0 Å². The first-order valence-electron chi connectivity index (χ1n) is 6.38. The Morgan fingerprint density at radius 1 is 1.15 bits per heavy atom. The molecule has 0 aliphatic carbocycles. The van der Waals surface area contributed by atoms with Crippen LogP contribution in [0.1, 0.15) is 12.5 Å². The van der Waals surface area contributed by atoms with Gasteiger partial charge >= 0.3 is 0 Å². The predicted octanol–water partition coefficient (Wildman–Crippen LogP) is 2.65. The van der Waals surface area contributed by atoms with Crippen LogP contribution in [0.15, 0.2) is 36.4 Å². The number of hydrogen-bond donors (Lipinski definition) is 1. The van der Waals surface area contributed by atoms with Crippen LogP contribution in [-0.2, 0) is 6.61 Å². The lowest BCUT2D eigenvalue weighted by atomic mass is 10.2. The van der Waals surface area contributed by atoms with Gasteiger partial charge in [0, 0.05) is 6.07 Å². The summed E-state index contributed by atoms with van der Waals surface area (Å²) in [6, 6.07) is 11.1. The van der Waals surface area contributed by atoms with E-state index in [4.69, 9.17) is 19.9 Å². The molecule has 0 aliphatic heterocycles. The fourth-order valence-electron chi connectivity index (χ4n) is 1.69. The van der Waals surface area contributed by atoms with Crippen molar-refractivity contribution in [1.82, 2.24) is 4.98 Å². The normalized spacial score (nSPS) is 10.1. The molecule has 0 amide bonds. The lowest BCUT2D eigenvalue weighted by Gasteiger charge is -2.10. The van der Waals surface area contributed by atoms with Gasteiger partial charge in [-0.3, -0.25) is 0 Å². The Labute approximate surface area is 118 Å². The molecule has 5 nitrogen and oxygen atoms in total. The Balaban J connectivity index is 2.04. The molecule has 0 fully saturated rings. The topological polar surface area (TPSA) is 66.6 Å². The lowest BCUT2D eigenvalue weighted by Crippen LogP contribution is -2.02. The minimum absolute atomic E-state index is 0.399. The summed E-state index contributed by atoms with van der Waals surface area (Å²) < 4.78 is 16.1. The van der Waals surface area contributed by atoms with Crippen LogP contribution >= 0.6 is 0 Å². The third-order valence-corrected chi connectivity index (χ3v) is 2.67. The highest BCUT2D eigenvalue weighted by atomic mass is 16.5. The minimum atomic E-state index is 0.399. The van der Waals surface area contributed by atoms with Crippen molar-refractivity contribution < 1.29 is 14.2 Å². The number of nitrogens with zero attached hydrogens (tertiary/aromatic N) is 1. The quantitative estimate of drug-likeness (QED) is 0.877. The van der Waals surface area contributed by atoms with E-state index in [1.807, 2.05) is 31.2 Å². The van der Waals surface area contributed by atoms with E-state index in [2.05, 4.69) is 4.98 Å². The molecule has 2 rings (SSSR count). The molecule has 1 aromatic heterocycles. The Hall–Kier alpha value is -2.43. The van der Waals surface area contributed by atoms with Gasteiger partial charge in [-0.1, -0.05) is 12.1 Å². The zero-order valence-electron chi connectivity index (χ0n) is 11.6. The number of aromatic nitrogens is 1. The van der Waals surface area contributed by atoms with Crippen molar-refractivity contribution in [1.29, 1.82) is 0 Å². The fourth-order valence-corrected chi connectivity index (χ4v) is 1.69. The maximum absolute atomic E-state index is 5.76. The molecule has 0 bridgehead atoms. The summed E-state index contributed by atoms with van der Waals surface area (Å²) in [5, 5.41) is 0. The van der Waals surface area contributed by atoms with Gasteiger partial charge in [-0.15, -0.1) is 0 Å². The van der Waals surface area contributed by atoms with Crippen molar-refractivity contribution in [3.63, 3.8) is 0 Å². The number of pyridine rings is 1. The summed E-state index contributed by atoms with van der Waals surface area (Å²) in [4.78, 5) is 4.22. The third kappa shape index (κ3) is 3.54. The van der Waals surface area contributed by atoms with Crippen LogP contribution in [0.5, 0.6) is 17.5 Å². The number of anilines is 1. The number of benzene rings is 1. The Morgan fingerprint density at radius 2 is 2.00 bits per heavy atom. The molecule has 2 aromatic rings. The Morgan fingerprint density at radius 3 is 2.75 bits per heavy atom. The number of nitrogen functional groups attached to an aromatic ring is 1. The van der Waals surface area contributed by atoms with E-state index < -0.39 is 0 Å². The zero-order valence-corrected chi connectivity index (χ0v) is 11.6. The molecule has 0 radical (unpaired) electrons. The molecule has 0 aliphatic rings. The number of methoxy groups -OCH3 is 1. The van der Waals surface area contributed by atoms with Crippen LogP contribution in [0.3, 0.4) is 0 Å². The smallest absolute Gasteiger partial charge is 0.240 e. The zero-order chi connectivity index (χ0) is 14.4. The molecular formula is C15H18N2O3. The van der Waals surface area contributed by atoms with Gasteiger partial charge in [0.1, 0.15) is 12.4 Å². The van der Waals surface area contributed by atoms with Crippen molar-refractivity contribution in [3.8, 4) is 17.5 Å². The van der Waals surface area contributed by atoms with Crippen LogP contribution in [0.2, 0.25) is 0 Å². The third-order valence-electron chi connectivity index (χ3n) is 2.67. The second-order valence-electron chi connectivity index (χ2n) is 4.12. The highest BCUT2D eigenvalue weighted by molar-refractivity contribution is 5.49. The molecule has 20 heavy (non-hydrogen) atoms. The van der Waals surface area contributed by atoms with Crippen molar-refractivity contribution in [3.05, 3.63) is 42.0 Å². The largest absolute Gasteiger partial charge is 0.497 e. The first-order chi connectivity index (χ1) is 9.72. The molecule has 106 valence electrons. The average Bonchev–Trinajstić information content (AvgIpc) is 2.48. The lowest BCUT2D eigenvalue weighted by molar-refractivity contribution is 0.279. The van der Waals surface area contributed by atoms with Crippen LogP contribution in [0.4, 0.5) is 5.69 Å². The van der Waals surface area contributed by atoms with Crippen molar-refractivity contribution in [2.75, 3.05) is 19.5 Å². The molecular weight excluding hydrogens is 256 g/mol. The van der Waals surface area contributed by atoms with Gasteiger partial charge < -0.3 is 19.9 Å². The predicted molar refractivity (Wildman–Crippen MR) is 77.1 cm³/mol. The second kappa shape index (κ2) is 6.65. The second-order valence-corrected chi connectivity index (χ2v) is 4.12. The van der Waals surface area contributed by atoms with Crippen LogP contribution < -0.4 is 19.9 Å². The van der Waals surface area contributed by atoms with E-state index in [1.54, 1.807) is 19.2 Å².